The highest BCUT2D eigenvalue weighted by Gasteiger charge is 2.12. The first-order valence-electron chi connectivity index (χ1n) is 6.35. The number of aromatic nitrogens is 4. The third kappa shape index (κ3) is 2.88. The van der Waals surface area contributed by atoms with Crippen molar-refractivity contribution in [2.75, 3.05) is 0 Å². The molecule has 0 aliphatic heterocycles. The van der Waals surface area contributed by atoms with Gasteiger partial charge < -0.3 is 4.42 Å². The quantitative estimate of drug-likeness (QED) is 0.735. The molecule has 1 aromatic carbocycles. The van der Waals surface area contributed by atoms with Gasteiger partial charge >= 0.3 is 0 Å². The van der Waals surface area contributed by atoms with E-state index in [0.29, 0.717) is 5.89 Å². The van der Waals surface area contributed by atoms with Crippen LogP contribution in [0.4, 0.5) is 0 Å². The maximum atomic E-state index is 11.9. The van der Waals surface area contributed by atoms with E-state index in [9.17, 15) is 4.79 Å². The molecule has 0 spiro atoms. The zero-order valence-electron chi connectivity index (χ0n) is 11.5. The van der Waals surface area contributed by atoms with Crippen molar-refractivity contribution in [2.45, 2.75) is 13.5 Å². The van der Waals surface area contributed by atoms with Gasteiger partial charge in [-0.15, -0.1) is 10.2 Å². The Morgan fingerprint density at radius 2 is 1.91 bits per heavy atom. The number of benzene rings is 1. The van der Waals surface area contributed by atoms with Crippen LogP contribution in [0.3, 0.4) is 0 Å². The minimum Gasteiger partial charge on any atom is -0.419 e. The molecule has 0 radical (unpaired) electrons. The third-order valence-electron chi connectivity index (χ3n) is 2.99. The van der Waals surface area contributed by atoms with Crippen molar-refractivity contribution in [2.24, 2.45) is 0 Å². The molecule has 112 valence electrons. The molecule has 0 saturated carbocycles. The monoisotopic (exact) mass is 336 g/mol. The van der Waals surface area contributed by atoms with Crippen molar-refractivity contribution >= 4 is 23.2 Å². The van der Waals surface area contributed by atoms with Crippen LogP contribution in [0, 0.1) is 6.92 Å². The number of halogens is 2. The molecule has 0 fully saturated rings. The molecule has 0 saturated heterocycles. The molecule has 22 heavy (non-hydrogen) atoms. The number of nitrogens with zero attached hydrogens (tertiary/aromatic N) is 4. The first-order chi connectivity index (χ1) is 10.5. The van der Waals surface area contributed by atoms with Gasteiger partial charge in [0.2, 0.25) is 11.8 Å². The van der Waals surface area contributed by atoms with Gasteiger partial charge in [0, 0.05) is 5.56 Å². The molecule has 2 heterocycles. The van der Waals surface area contributed by atoms with Crippen molar-refractivity contribution in [1.82, 2.24) is 20.0 Å². The van der Waals surface area contributed by atoms with Crippen LogP contribution in [0.15, 0.2) is 39.7 Å². The van der Waals surface area contributed by atoms with Gasteiger partial charge in [-0.1, -0.05) is 40.9 Å². The Bertz CT molecular complexity index is 871. The highest BCUT2D eigenvalue weighted by molar-refractivity contribution is 6.41. The lowest BCUT2D eigenvalue weighted by Crippen LogP contribution is -2.23. The summed E-state index contributed by atoms with van der Waals surface area (Å²) < 4.78 is 6.65. The molecule has 2 aromatic heterocycles. The van der Waals surface area contributed by atoms with Crippen LogP contribution in [-0.4, -0.2) is 20.0 Å². The van der Waals surface area contributed by atoms with Gasteiger partial charge in [0.05, 0.1) is 11.2 Å². The number of aryl methyl sites for hydroxylation is 1. The molecule has 0 bridgehead atoms. The summed E-state index contributed by atoms with van der Waals surface area (Å²) in [4.78, 5) is 11.9. The molecule has 0 unspecified atom stereocenters. The second-order valence-corrected chi connectivity index (χ2v) is 5.42. The summed E-state index contributed by atoms with van der Waals surface area (Å²) in [6, 6.07) is 7.67. The van der Waals surface area contributed by atoms with E-state index in [1.54, 1.807) is 0 Å². The smallest absolute Gasteiger partial charge is 0.287 e. The van der Waals surface area contributed by atoms with Crippen molar-refractivity contribution < 1.29 is 4.42 Å². The molecule has 6 nitrogen and oxygen atoms in total. The van der Waals surface area contributed by atoms with Gasteiger partial charge in [0.15, 0.2) is 0 Å². The molecule has 3 rings (SSSR count). The highest BCUT2D eigenvalue weighted by Crippen LogP contribution is 2.19. The lowest BCUT2D eigenvalue weighted by Gasteiger charge is -2.01. The summed E-state index contributed by atoms with van der Waals surface area (Å²) in [6.07, 6.45) is 1.29. The van der Waals surface area contributed by atoms with Crippen LogP contribution in [0.2, 0.25) is 10.0 Å². The Balaban J connectivity index is 1.87. The van der Waals surface area contributed by atoms with E-state index in [1.165, 1.54) is 6.20 Å². The summed E-state index contributed by atoms with van der Waals surface area (Å²) in [5.74, 6) is 0.631. The normalized spacial score (nSPS) is 10.9. The minimum absolute atomic E-state index is 0.0224. The largest absolute Gasteiger partial charge is 0.419 e. The summed E-state index contributed by atoms with van der Waals surface area (Å²) in [6.45, 7) is 2.01. The van der Waals surface area contributed by atoms with Gasteiger partial charge in [-0.25, -0.2) is 4.68 Å². The minimum atomic E-state index is -0.510. The Morgan fingerprint density at radius 1 is 1.18 bits per heavy atom. The van der Waals surface area contributed by atoms with Gasteiger partial charge in [0.25, 0.3) is 5.56 Å². The lowest BCUT2D eigenvalue weighted by molar-refractivity contribution is 0.465. The van der Waals surface area contributed by atoms with Crippen LogP contribution in [0.5, 0.6) is 0 Å². The van der Waals surface area contributed by atoms with Crippen molar-refractivity contribution in [3.63, 3.8) is 0 Å². The van der Waals surface area contributed by atoms with Crippen molar-refractivity contribution in [1.29, 1.82) is 0 Å². The number of rotatable bonds is 3. The van der Waals surface area contributed by atoms with E-state index in [4.69, 9.17) is 27.6 Å². The fourth-order valence-corrected chi connectivity index (χ4v) is 2.09. The summed E-state index contributed by atoms with van der Waals surface area (Å²) in [5.41, 5.74) is 1.43. The number of hydrogen-bond donors (Lipinski definition) is 0. The van der Waals surface area contributed by atoms with Crippen LogP contribution < -0.4 is 5.56 Å². The van der Waals surface area contributed by atoms with E-state index in [-0.39, 0.29) is 22.5 Å². The Labute approximate surface area is 135 Å². The first kappa shape index (κ1) is 14.7. The van der Waals surface area contributed by atoms with Crippen LogP contribution in [0.25, 0.3) is 11.5 Å². The maximum Gasteiger partial charge on any atom is 0.287 e. The molecule has 0 aliphatic carbocycles. The van der Waals surface area contributed by atoms with Crippen LogP contribution >= 0.6 is 23.2 Å². The highest BCUT2D eigenvalue weighted by atomic mass is 35.5. The zero-order chi connectivity index (χ0) is 15.7. The van der Waals surface area contributed by atoms with Gasteiger partial charge in [0.1, 0.15) is 11.6 Å². The van der Waals surface area contributed by atoms with Crippen LogP contribution in [-0.2, 0) is 6.54 Å². The fourth-order valence-electron chi connectivity index (χ4n) is 1.82. The Kier molecular flexibility index (Phi) is 3.96. The number of hydrogen-bond acceptors (Lipinski definition) is 5. The predicted octanol–water partition coefficient (Wildman–Crippen LogP) is 2.96. The van der Waals surface area contributed by atoms with Crippen LogP contribution in [0.1, 0.15) is 11.5 Å². The van der Waals surface area contributed by atoms with E-state index in [1.807, 2.05) is 31.2 Å². The van der Waals surface area contributed by atoms with E-state index in [0.717, 1.165) is 15.8 Å². The van der Waals surface area contributed by atoms with Gasteiger partial charge in [-0.2, -0.15) is 5.10 Å². The second kappa shape index (κ2) is 5.90. The zero-order valence-corrected chi connectivity index (χ0v) is 13.0. The molecule has 0 aliphatic rings. The summed E-state index contributed by atoms with van der Waals surface area (Å²) in [7, 11) is 0. The van der Waals surface area contributed by atoms with E-state index >= 15 is 0 Å². The summed E-state index contributed by atoms with van der Waals surface area (Å²) >= 11 is 11.5. The van der Waals surface area contributed by atoms with Gasteiger partial charge in [-0.3, -0.25) is 4.79 Å². The average Bonchev–Trinajstić information content (AvgIpc) is 2.97. The Morgan fingerprint density at radius 3 is 2.64 bits per heavy atom. The molecular formula is C14H10Cl2N4O2. The first-order valence-corrected chi connectivity index (χ1v) is 7.11. The fraction of sp³-hybridized carbons (Fsp3) is 0.143. The average molecular weight is 337 g/mol. The lowest BCUT2D eigenvalue weighted by atomic mass is 10.1. The standard InChI is InChI=1S/C14H10Cl2N4O2/c1-8-2-4-9(5-3-8)13-19-18-11(22-13)7-20-14(21)12(16)10(15)6-17-20/h2-6H,7H2,1H3. The Hall–Kier alpha value is -2.18. The maximum absolute atomic E-state index is 11.9. The second-order valence-electron chi connectivity index (χ2n) is 4.64. The van der Waals surface area contributed by atoms with E-state index < -0.39 is 5.56 Å². The van der Waals surface area contributed by atoms with Gasteiger partial charge in [-0.05, 0) is 19.1 Å². The van der Waals surface area contributed by atoms with Crippen molar-refractivity contribution in [3.05, 3.63) is 62.3 Å². The summed E-state index contributed by atoms with van der Waals surface area (Å²) in [5, 5.41) is 11.8. The third-order valence-corrected chi connectivity index (χ3v) is 3.74. The molecule has 3 aromatic rings. The molecule has 0 amide bonds. The molecule has 0 N–H and O–H groups in total. The molecular weight excluding hydrogens is 327 g/mol. The topological polar surface area (TPSA) is 73.8 Å². The van der Waals surface area contributed by atoms with Crippen molar-refractivity contribution in [3.8, 4) is 11.5 Å². The molecule has 0 atom stereocenters. The predicted molar refractivity (Wildman–Crippen MR) is 82.1 cm³/mol. The SMILES string of the molecule is Cc1ccc(-c2nnc(Cn3ncc(Cl)c(Cl)c3=O)o2)cc1. The molecule has 8 heteroatoms. The van der Waals surface area contributed by atoms with E-state index in [2.05, 4.69) is 15.3 Å².